The summed E-state index contributed by atoms with van der Waals surface area (Å²) in [6, 6.07) is 12.0. The molecule has 0 spiro atoms. The van der Waals surface area contributed by atoms with Crippen molar-refractivity contribution in [3.63, 3.8) is 0 Å². The van der Waals surface area contributed by atoms with E-state index in [-0.39, 0.29) is 5.92 Å². The second-order valence-electron chi connectivity index (χ2n) is 4.01. The van der Waals surface area contributed by atoms with Crippen molar-refractivity contribution in [1.82, 2.24) is 4.98 Å². The molecule has 1 atom stereocenters. The van der Waals surface area contributed by atoms with Gasteiger partial charge in [0.25, 0.3) is 0 Å². The summed E-state index contributed by atoms with van der Waals surface area (Å²) in [6.45, 7) is 0. The molecule has 84 valence electrons. The topological polar surface area (TPSA) is 12.9 Å². The molecule has 0 saturated heterocycles. The number of fused-ring (bicyclic) bond motifs is 1. The van der Waals surface area contributed by atoms with Crippen LogP contribution in [0.2, 0.25) is 5.15 Å². The standard InChI is InChI=1S/C14H9Cl2N/c15-12-7-9-3-1-2-4-11(9)14(12)10-5-6-13(16)17-8-10/h1-8,14H. The maximum absolute atomic E-state index is 6.32. The Morgan fingerprint density at radius 3 is 2.59 bits per heavy atom. The van der Waals surface area contributed by atoms with E-state index in [4.69, 9.17) is 23.2 Å². The van der Waals surface area contributed by atoms with Crippen LogP contribution in [-0.2, 0) is 0 Å². The van der Waals surface area contributed by atoms with Crippen molar-refractivity contribution in [2.24, 2.45) is 0 Å². The van der Waals surface area contributed by atoms with Gasteiger partial charge in [-0.3, -0.25) is 0 Å². The fraction of sp³-hybridized carbons (Fsp3) is 0.0714. The van der Waals surface area contributed by atoms with Gasteiger partial charge in [-0.05, 0) is 28.8 Å². The molecular formula is C14H9Cl2N. The molecule has 1 unspecified atom stereocenters. The second kappa shape index (κ2) is 4.17. The Hall–Kier alpha value is -1.31. The van der Waals surface area contributed by atoms with Crippen LogP contribution in [0.15, 0.2) is 47.6 Å². The van der Waals surface area contributed by atoms with Gasteiger partial charge in [0.2, 0.25) is 0 Å². The minimum absolute atomic E-state index is 0.0950. The summed E-state index contributed by atoms with van der Waals surface area (Å²) in [6.07, 6.45) is 3.79. The number of aromatic nitrogens is 1. The van der Waals surface area contributed by atoms with Gasteiger partial charge in [0.1, 0.15) is 5.15 Å². The van der Waals surface area contributed by atoms with Gasteiger partial charge in [-0.2, -0.15) is 0 Å². The normalized spacial score (nSPS) is 17.8. The van der Waals surface area contributed by atoms with Crippen molar-refractivity contribution in [1.29, 1.82) is 0 Å². The van der Waals surface area contributed by atoms with Crippen LogP contribution in [0.3, 0.4) is 0 Å². The quantitative estimate of drug-likeness (QED) is 0.691. The molecule has 0 N–H and O–H groups in total. The van der Waals surface area contributed by atoms with Gasteiger partial charge in [-0.25, -0.2) is 4.98 Å². The first-order valence-corrected chi connectivity index (χ1v) is 6.09. The van der Waals surface area contributed by atoms with Gasteiger partial charge in [-0.1, -0.05) is 53.5 Å². The van der Waals surface area contributed by atoms with Crippen molar-refractivity contribution in [2.75, 3.05) is 0 Å². The van der Waals surface area contributed by atoms with Gasteiger partial charge in [-0.15, -0.1) is 0 Å². The highest BCUT2D eigenvalue weighted by molar-refractivity contribution is 6.33. The van der Waals surface area contributed by atoms with E-state index in [9.17, 15) is 0 Å². The van der Waals surface area contributed by atoms with E-state index in [1.807, 2.05) is 24.3 Å². The van der Waals surface area contributed by atoms with E-state index in [1.54, 1.807) is 12.3 Å². The third-order valence-electron chi connectivity index (χ3n) is 2.96. The van der Waals surface area contributed by atoms with Crippen molar-refractivity contribution in [3.8, 4) is 0 Å². The van der Waals surface area contributed by atoms with Crippen molar-refractivity contribution >= 4 is 29.3 Å². The van der Waals surface area contributed by atoms with Crippen molar-refractivity contribution < 1.29 is 0 Å². The van der Waals surface area contributed by atoms with Crippen LogP contribution in [-0.4, -0.2) is 4.98 Å². The molecule has 1 aromatic heterocycles. The highest BCUT2D eigenvalue weighted by atomic mass is 35.5. The number of benzene rings is 1. The summed E-state index contributed by atoms with van der Waals surface area (Å²) in [5, 5.41) is 1.33. The zero-order valence-electron chi connectivity index (χ0n) is 8.90. The van der Waals surface area contributed by atoms with Crippen molar-refractivity contribution in [2.45, 2.75) is 5.92 Å². The number of halogens is 2. The lowest BCUT2D eigenvalue weighted by atomic mass is 9.94. The van der Waals surface area contributed by atoms with Crippen LogP contribution in [0.25, 0.3) is 6.08 Å². The third kappa shape index (κ3) is 1.86. The minimum Gasteiger partial charge on any atom is -0.244 e. The van der Waals surface area contributed by atoms with Crippen LogP contribution in [0.1, 0.15) is 22.6 Å². The molecule has 0 fully saturated rings. The average molecular weight is 262 g/mol. The second-order valence-corrected chi connectivity index (χ2v) is 4.83. The van der Waals surface area contributed by atoms with Gasteiger partial charge in [0.15, 0.2) is 0 Å². The zero-order chi connectivity index (χ0) is 11.8. The molecule has 0 amide bonds. The molecule has 0 radical (unpaired) electrons. The minimum atomic E-state index is 0.0950. The third-order valence-corrected chi connectivity index (χ3v) is 3.51. The molecule has 1 nitrogen and oxygen atoms in total. The van der Waals surface area contributed by atoms with E-state index in [2.05, 4.69) is 17.1 Å². The molecular weight excluding hydrogens is 253 g/mol. The fourth-order valence-electron chi connectivity index (χ4n) is 2.18. The lowest BCUT2D eigenvalue weighted by molar-refractivity contribution is 1.01. The van der Waals surface area contributed by atoms with Crippen LogP contribution in [0, 0.1) is 0 Å². The summed E-state index contributed by atoms with van der Waals surface area (Å²) < 4.78 is 0. The molecule has 2 aromatic rings. The zero-order valence-corrected chi connectivity index (χ0v) is 10.4. The molecule has 1 heterocycles. The highest BCUT2D eigenvalue weighted by Crippen LogP contribution is 2.42. The number of allylic oxidation sites excluding steroid dienone is 1. The Morgan fingerprint density at radius 1 is 1.00 bits per heavy atom. The predicted molar refractivity (Wildman–Crippen MR) is 71.4 cm³/mol. The van der Waals surface area contributed by atoms with Crippen molar-refractivity contribution in [3.05, 3.63) is 69.5 Å². The average Bonchev–Trinajstić information content (AvgIpc) is 2.66. The first-order valence-electron chi connectivity index (χ1n) is 5.33. The Morgan fingerprint density at radius 2 is 1.82 bits per heavy atom. The Balaban J connectivity index is 2.10. The van der Waals surface area contributed by atoms with E-state index >= 15 is 0 Å². The van der Waals surface area contributed by atoms with E-state index in [0.29, 0.717) is 5.15 Å². The maximum Gasteiger partial charge on any atom is 0.129 e. The van der Waals surface area contributed by atoms with Gasteiger partial charge in [0.05, 0.1) is 0 Å². The first-order chi connectivity index (χ1) is 8.25. The molecule has 0 saturated carbocycles. The van der Waals surface area contributed by atoms with Crippen LogP contribution in [0.4, 0.5) is 0 Å². The summed E-state index contributed by atoms with van der Waals surface area (Å²) in [5.74, 6) is 0.0950. The summed E-state index contributed by atoms with van der Waals surface area (Å²) >= 11 is 12.1. The molecule has 0 bridgehead atoms. The molecule has 0 aliphatic heterocycles. The SMILES string of the molecule is ClC1=Cc2ccccc2C1c1ccc(Cl)nc1. The predicted octanol–water partition coefficient (Wildman–Crippen LogP) is 4.46. The highest BCUT2D eigenvalue weighted by Gasteiger charge is 2.25. The molecule has 17 heavy (non-hydrogen) atoms. The lowest BCUT2D eigenvalue weighted by Crippen LogP contribution is -1.98. The van der Waals surface area contributed by atoms with E-state index in [0.717, 1.165) is 10.6 Å². The van der Waals surface area contributed by atoms with Crippen LogP contribution >= 0.6 is 23.2 Å². The van der Waals surface area contributed by atoms with Gasteiger partial charge in [0, 0.05) is 17.1 Å². The lowest BCUT2D eigenvalue weighted by Gasteiger charge is -2.13. The van der Waals surface area contributed by atoms with E-state index in [1.165, 1.54) is 11.1 Å². The Labute approximate surface area is 110 Å². The monoisotopic (exact) mass is 261 g/mol. The summed E-state index contributed by atoms with van der Waals surface area (Å²) in [5.41, 5.74) is 3.47. The smallest absolute Gasteiger partial charge is 0.129 e. The van der Waals surface area contributed by atoms with Crippen LogP contribution in [0.5, 0.6) is 0 Å². The Bertz CT molecular complexity index is 587. The Kier molecular flexibility index (Phi) is 2.65. The maximum atomic E-state index is 6.32. The first kappa shape index (κ1) is 10.8. The summed E-state index contributed by atoms with van der Waals surface area (Å²) in [7, 11) is 0. The molecule has 3 rings (SSSR count). The number of nitrogens with zero attached hydrogens (tertiary/aromatic N) is 1. The largest absolute Gasteiger partial charge is 0.244 e. The van der Waals surface area contributed by atoms with Gasteiger partial charge < -0.3 is 0 Å². The number of rotatable bonds is 1. The number of hydrogen-bond donors (Lipinski definition) is 0. The number of hydrogen-bond acceptors (Lipinski definition) is 1. The molecule has 1 aromatic carbocycles. The summed E-state index contributed by atoms with van der Waals surface area (Å²) in [4.78, 5) is 4.11. The number of pyridine rings is 1. The van der Waals surface area contributed by atoms with Gasteiger partial charge >= 0.3 is 0 Å². The van der Waals surface area contributed by atoms with Crippen LogP contribution < -0.4 is 0 Å². The molecule has 1 aliphatic carbocycles. The molecule has 1 aliphatic rings. The van der Waals surface area contributed by atoms with E-state index < -0.39 is 0 Å². The molecule has 3 heteroatoms. The fourth-order valence-corrected chi connectivity index (χ4v) is 2.66.